The van der Waals surface area contributed by atoms with Gasteiger partial charge in [0.1, 0.15) is 5.82 Å². The van der Waals surface area contributed by atoms with E-state index >= 15 is 0 Å². The number of nitrogens with zero attached hydrogens (tertiary/aromatic N) is 2. The molecule has 0 fully saturated rings. The van der Waals surface area contributed by atoms with E-state index < -0.39 is 0 Å². The van der Waals surface area contributed by atoms with Crippen molar-refractivity contribution in [3.8, 4) is 0 Å². The van der Waals surface area contributed by atoms with E-state index in [1.54, 1.807) is 6.20 Å². The summed E-state index contributed by atoms with van der Waals surface area (Å²) in [6.45, 7) is 1.82. The van der Waals surface area contributed by atoms with Crippen molar-refractivity contribution >= 4 is 23.1 Å². The minimum absolute atomic E-state index is 0.00837. The summed E-state index contributed by atoms with van der Waals surface area (Å²) in [6, 6.07) is 13.7. The Labute approximate surface area is 113 Å². The molecule has 1 heterocycles. The van der Waals surface area contributed by atoms with E-state index in [1.807, 2.05) is 61.3 Å². The molecule has 0 spiro atoms. The third-order valence-corrected chi connectivity index (χ3v) is 2.84. The fourth-order valence-corrected chi connectivity index (χ4v) is 1.69. The van der Waals surface area contributed by atoms with Crippen molar-refractivity contribution in [1.82, 2.24) is 4.98 Å². The number of carbonyl (C=O) groups is 1. The maximum Gasteiger partial charge on any atom is 0.224 e. The molecular weight excluding hydrogens is 238 g/mol. The normalized spacial score (nSPS) is 10.0. The van der Waals surface area contributed by atoms with Crippen molar-refractivity contribution in [2.75, 3.05) is 17.3 Å². The molecule has 0 aliphatic rings. The van der Waals surface area contributed by atoms with Crippen molar-refractivity contribution in [3.05, 3.63) is 48.7 Å². The maximum atomic E-state index is 11.3. The molecule has 1 aromatic heterocycles. The molecule has 4 heteroatoms. The highest BCUT2D eigenvalue weighted by molar-refractivity contribution is 5.90. The molecule has 0 aliphatic carbocycles. The van der Waals surface area contributed by atoms with Crippen LogP contribution in [0.3, 0.4) is 0 Å². The predicted molar refractivity (Wildman–Crippen MR) is 77.7 cm³/mol. The Hall–Kier alpha value is -2.36. The lowest BCUT2D eigenvalue weighted by atomic mass is 10.3. The third kappa shape index (κ3) is 3.31. The zero-order chi connectivity index (χ0) is 13.7. The van der Waals surface area contributed by atoms with Crippen molar-refractivity contribution in [2.24, 2.45) is 0 Å². The number of carbonyl (C=O) groups excluding carboxylic acids is 1. The summed E-state index contributed by atoms with van der Waals surface area (Å²) in [5, 5.41) is 2.78. The van der Waals surface area contributed by atoms with Gasteiger partial charge in [-0.05, 0) is 24.3 Å². The Morgan fingerprint density at radius 1 is 1.21 bits per heavy atom. The molecule has 0 bridgehead atoms. The number of nitrogens with one attached hydrogen (secondary N) is 1. The van der Waals surface area contributed by atoms with Crippen molar-refractivity contribution in [1.29, 1.82) is 0 Å². The lowest BCUT2D eigenvalue weighted by Gasteiger charge is -2.18. The first kappa shape index (κ1) is 13.1. The van der Waals surface area contributed by atoms with Gasteiger partial charge in [0, 0.05) is 19.2 Å². The first-order chi connectivity index (χ1) is 9.20. The van der Waals surface area contributed by atoms with Gasteiger partial charge in [0.05, 0.1) is 11.9 Å². The number of pyridine rings is 1. The fraction of sp³-hybridized carbons (Fsp3) is 0.200. The van der Waals surface area contributed by atoms with Crippen LogP contribution >= 0.6 is 0 Å². The summed E-state index contributed by atoms with van der Waals surface area (Å²) in [5.74, 6) is 0.826. The largest absolute Gasteiger partial charge is 0.329 e. The van der Waals surface area contributed by atoms with Crippen LogP contribution in [0.4, 0.5) is 17.2 Å². The first-order valence-electron chi connectivity index (χ1n) is 6.25. The smallest absolute Gasteiger partial charge is 0.224 e. The van der Waals surface area contributed by atoms with Crippen molar-refractivity contribution in [3.63, 3.8) is 0 Å². The highest BCUT2D eigenvalue weighted by Gasteiger charge is 2.05. The second-order valence-corrected chi connectivity index (χ2v) is 4.20. The molecule has 0 saturated heterocycles. The summed E-state index contributed by atoms with van der Waals surface area (Å²) in [4.78, 5) is 17.6. The van der Waals surface area contributed by atoms with E-state index in [4.69, 9.17) is 0 Å². The lowest BCUT2D eigenvalue weighted by molar-refractivity contribution is -0.115. The first-order valence-corrected chi connectivity index (χ1v) is 6.25. The molecule has 2 rings (SSSR count). The Bertz CT molecular complexity index is 537. The molecule has 1 N–H and O–H groups in total. The van der Waals surface area contributed by atoms with Crippen LogP contribution in [0.2, 0.25) is 0 Å². The SMILES string of the molecule is CCC(=O)Nc1ccc(N(C)c2ccccc2)nc1. The summed E-state index contributed by atoms with van der Waals surface area (Å²) >= 11 is 0. The Kier molecular flexibility index (Phi) is 4.13. The number of anilines is 3. The van der Waals surface area contributed by atoms with E-state index in [0.717, 1.165) is 17.2 Å². The summed E-state index contributed by atoms with van der Waals surface area (Å²) in [5.41, 5.74) is 1.79. The number of amides is 1. The van der Waals surface area contributed by atoms with Crippen LogP contribution < -0.4 is 10.2 Å². The van der Waals surface area contributed by atoms with Gasteiger partial charge in [0.2, 0.25) is 5.91 Å². The number of hydrogen-bond acceptors (Lipinski definition) is 3. The van der Waals surface area contributed by atoms with Crippen LogP contribution in [0.15, 0.2) is 48.7 Å². The monoisotopic (exact) mass is 255 g/mol. The molecule has 1 amide bonds. The van der Waals surface area contributed by atoms with Gasteiger partial charge in [-0.15, -0.1) is 0 Å². The third-order valence-electron chi connectivity index (χ3n) is 2.84. The standard InChI is InChI=1S/C15H17N3O/c1-3-15(19)17-12-9-10-14(16-11-12)18(2)13-7-5-4-6-8-13/h4-11H,3H2,1-2H3,(H,17,19). The van der Waals surface area contributed by atoms with E-state index in [9.17, 15) is 4.79 Å². The number of benzene rings is 1. The minimum Gasteiger partial charge on any atom is -0.329 e. The molecule has 98 valence electrons. The molecule has 0 atom stereocenters. The van der Waals surface area contributed by atoms with Crippen molar-refractivity contribution < 1.29 is 4.79 Å². The number of aromatic nitrogens is 1. The van der Waals surface area contributed by atoms with E-state index in [2.05, 4.69) is 10.3 Å². The quantitative estimate of drug-likeness (QED) is 0.912. The van der Waals surface area contributed by atoms with Gasteiger partial charge in [-0.3, -0.25) is 4.79 Å². The summed E-state index contributed by atoms with van der Waals surface area (Å²) in [7, 11) is 1.96. The van der Waals surface area contributed by atoms with E-state index in [1.165, 1.54) is 0 Å². The zero-order valence-corrected chi connectivity index (χ0v) is 11.1. The van der Waals surface area contributed by atoms with E-state index in [0.29, 0.717) is 6.42 Å². The molecule has 1 aromatic carbocycles. The van der Waals surface area contributed by atoms with Gasteiger partial charge in [-0.25, -0.2) is 4.98 Å². The van der Waals surface area contributed by atoms with Crippen LogP contribution in [-0.4, -0.2) is 17.9 Å². The Balaban J connectivity index is 2.12. The van der Waals surface area contributed by atoms with Gasteiger partial charge in [-0.1, -0.05) is 25.1 Å². The average molecular weight is 255 g/mol. The van der Waals surface area contributed by atoms with Crippen LogP contribution in [-0.2, 0) is 4.79 Å². The lowest BCUT2D eigenvalue weighted by Crippen LogP contribution is -2.12. The van der Waals surface area contributed by atoms with Gasteiger partial charge in [0.25, 0.3) is 0 Å². The van der Waals surface area contributed by atoms with Gasteiger partial charge < -0.3 is 10.2 Å². The van der Waals surface area contributed by atoms with Crippen LogP contribution in [0, 0.1) is 0 Å². The minimum atomic E-state index is -0.00837. The average Bonchev–Trinajstić information content (AvgIpc) is 2.48. The maximum absolute atomic E-state index is 11.3. The Morgan fingerprint density at radius 2 is 1.95 bits per heavy atom. The molecule has 2 aromatic rings. The molecule has 0 aliphatic heterocycles. The predicted octanol–water partition coefficient (Wildman–Crippen LogP) is 3.20. The number of para-hydroxylation sites is 1. The van der Waals surface area contributed by atoms with Crippen molar-refractivity contribution in [2.45, 2.75) is 13.3 Å². The highest BCUT2D eigenvalue weighted by atomic mass is 16.1. The highest BCUT2D eigenvalue weighted by Crippen LogP contribution is 2.21. The summed E-state index contributed by atoms with van der Waals surface area (Å²) < 4.78 is 0. The number of rotatable bonds is 4. The second-order valence-electron chi connectivity index (χ2n) is 4.20. The van der Waals surface area contributed by atoms with Crippen LogP contribution in [0.1, 0.15) is 13.3 Å². The molecule has 4 nitrogen and oxygen atoms in total. The Morgan fingerprint density at radius 3 is 2.53 bits per heavy atom. The molecule has 0 saturated carbocycles. The molecular formula is C15H17N3O. The van der Waals surface area contributed by atoms with Gasteiger partial charge in [-0.2, -0.15) is 0 Å². The molecule has 19 heavy (non-hydrogen) atoms. The fourth-order valence-electron chi connectivity index (χ4n) is 1.69. The molecule has 0 unspecified atom stereocenters. The van der Waals surface area contributed by atoms with Crippen LogP contribution in [0.25, 0.3) is 0 Å². The summed E-state index contributed by atoms with van der Waals surface area (Å²) in [6.07, 6.45) is 2.13. The van der Waals surface area contributed by atoms with Gasteiger partial charge >= 0.3 is 0 Å². The molecule has 0 radical (unpaired) electrons. The number of hydrogen-bond donors (Lipinski definition) is 1. The second kappa shape index (κ2) is 6.00. The van der Waals surface area contributed by atoms with Crippen LogP contribution in [0.5, 0.6) is 0 Å². The van der Waals surface area contributed by atoms with E-state index in [-0.39, 0.29) is 5.91 Å². The van der Waals surface area contributed by atoms with Gasteiger partial charge in [0.15, 0.2) is 0 Å². The zero-order valence-electron chi connectivity index (χ0n) is 11.1. The topological polar surface area (TPSA) is 45.2 Å².